The second kappa shape index (κ2) is 5.63. The number of hydrogen-bond acceptors (Lipinski definition) is 4. The molecule has 0 saturated carbocycles. The fourth-order valence-electron chi connectivity index (χ4n) is 1.79. The summed E-state index contributed by atoms with van der Waals surface area (Å²) in [5.74, 6) is 0. The lowest BCUT2D eigenvalue weighted by molar-refractivity contribution is 0.472. The molecule has 4 nitrogen and oxygen atoms in total. The van der Waals surface area contributed by atoms with E-state index in [1.165, 1.54) is 0 Å². The zero-order chi connectivity index (χ0) is 13.1. The minimum absolute atomic E-state index is 0.00326. The molecule has 0 aliphatic heterocycles. The fraction of sp³-hybridized carbons (Fsp3) is 0.538. The van der Waals surface area contributed by atoms with Gasteiger partial charge in [-0.15, -0.1) is 11.3 Å². The molecule has 0 spiro atoms. The van der Waals surface area contributed by atoms with Gasteiger partial charge in [0.15, 0.2) is 0 Å². The summed E-state index contributed by atoms with van der Waals surface area (Å²) in [7, 11) is 0. The van der Waals surface area contributed by atoms with E-state index in [1.807, 2.05) is 24.0 Å². The van der Waals surface area contributed by atoms with Gasteiger partial charge in [-0.25, -0.2) is 4.98 Å². The highest BCUT2D eigenvalue weighted by Gasteiger charge is 2.12. The van der Waals surface area contributed by atoms with Gasteiger partial charge in [0, 0.05) is 35.8 Å². The van der Waals surface area contributed by atoms with Gasteiger partial charge >= 0.3 is 0 Å². The minimum Gasteiger partial charge on any atom is -0.323 e. The fourth-order valence-corrected chi connectivity index (χ4v) is 2.58. The van der Waals surface area contributed by atoms with Crippen LogP contribution in [0, 0.1) is 6.92 Å². The maximum Gasteiger partial charge on any atom is 0.0897 e. The Morgan fingerprint density at radius 2 is 2.28 bits per heavy atom. The van der Waals surface area contributed by atoms with Gasteiger partial charge in [-0.2, -0.15) is 5.10 Å². The van der Waals surface area contributed by atoms with Crippen LogP contribution in [-0.4, -0.2) is 14.8 Å². The van der Waals surface area contributed by atoms with Crippen LogP contribution in [0.1, 0.15) is 47.9 Å². The normalized spacial score (nSPS) is 14.7. The number of rotatable bonds is 5. The Morgan fingerprint density at radius 1 is 1.50 bits per heavy atom. The first-order valence-electron chi connectivity index (χ1n) is 6.32. The Bertz CT molecular complexity index is 503. The smallest absolute Gasteiger partial charge is 0.0897 e. The summed E-state index contributed by atoms with van der Waals surface area (Å²) >= 11 is 1.66. The van der Waals surface area contributed by atoms with E-state index in [2.05, 4.69) is 30.0 Å². The Labute approximate surface area is 112 Å². The molecule has 0 aliphatic carbocycles. The standard InChI is InChI=1S/C13H20N4S/c1-4-9(2)17-6-5-11(16-17)7-12(14)13-8-15-10(3)18-13/h5-6,8-9,12H,4,7,14H2,1-3H3. The van der Waals surface area contributed by atoms with E-state index < -0.39 is 0 Å². The van der Waals surface area contributed by atoms with Crippen molar-refractivity contribution in [3.63, 3.8) is 0 Å². The molecule has 2 atom stereocenters. The number of hydrogen-bond donors (Lipinski definition) is 1. The van der Waals surface area contributed by atoms with Gasteiger partial charge in [-0.05, 0) is 26.3 Å². The number of nitrogens with zero attached hydrogens (tertiary/aromatic N) is 3. The number of nitrogens with two attached hydrogens (primary N) is 1. The first-order chi connectivity index (χ1) is 8.60. The van der Waals surface area contributed by atoms with E-state index in [-0.39, 0.29) is 6.04 Å². The molecule has 0 fully saturated rings. The summed E-state index contributed by atoms with van der Waals surface area (Å²) in [4.78, 5) is 5.37. The lowest BCUT2D eigenvalue weighted by Gasteiger charge is -2.09. The van der Waals surface area contributed by atoms with Gasteiger partial charge in [-0.3, -0.25) is 4.68 Å². The SMILES string of the molecule is CCC(C)n1ccc(CC(N)c2cnc(C)s2)n1. The van der Waals surface area contributed by atoms with Gasteiger partial charge < -0.3 is 5.73 Å². The molecular formula is C13H20N4S. The Kier molecular flexibility index (Phi) is 4.14. The van der Waals surface area contributed by atoms with Crippen LogP contribution in [0.15, 0.2) is 18.5 Å². The van der Waals surface area contributed by atoms with Gasteiger partial charge in [0.1, 0.15) is 0 Å². The molecule has 0 saturated heterocycles. The summed E-state index contributed by atoms with van der Waals surface area (Å²) in [5.41, 5.74) is 7.23. The molecular weight excluding hydrogens is 244 g/mol. The van der Waals surface area contributed by atoms with E-state index in [9.17, 15) is 0 Å². The molecule has 2 rings (SSSR count). The van der Waals surface area contributed by atoms with Crippen molar-refractivity contribution in [1.29, 1.82) is 0 Å². The molecule has 98 valence electrons. The van der Waals surface area contributed by atoms with Crippen molar-refractivity contribution < 1.29 is 0 Å². The first kappa shape index (κ1) is 13.2. The Morgan fingerprint density at radius 3 is 2.89 bits per heavy atom. The Hall–Kier alpha value is -1.20. The van der Waals surface area contributed by atoms with Gasteiger partial charge in [0.2, 0.25) is 0 Å². The molecule has 18 heavy (non-hydrogen) atoms. The van der Waals surface area contributed by atoms with E-state index in [4.69, 9.17) is 5.73 Å². The average molecular weight is 264 g/mol. The van der Waals surface area contributed by atoms with Crippen molar-refractivity contribution in [3.8, 4) is 0 Å². The molecule has 0 amide bonds. The largest absolute Gasteiger partial charge is 0.323 e. The Balaban J connectivity index is 2.03. The van der Waals surface area contributed by atoms with Gasteiger partial charge in [0.25, 0.3) is 0 Å². The summed E-state index contributed by atoms with van der Waals surface area (Å²) in [6, 6.07) is 2.50. The van der Waals surface area contributed by atoms with Gasteiger partial charge in [-0.1, -0.05) is 6.92 Å². The van der Waals surface area contributed by atoms with Crippen molar-refractivity contribution in [3.05, 3.63) is 34.0 Å². The maximum absolute atomic E-state index is 6.18. The van der Waals surface area contributed by atoms with Crippen molar-refractivity contribution in [2.45, 2.75) is 45.7 Å². The van der Waals surface area contributed by atoms with Crippen LogP contribution in [0.5, 0.6) is 0 Å². The van der Waals surface area contributed by atoms with Crippen LogP contribution in [0.3, 0.4) is 0 Å². The second-order valence-corrected chi connectivity index (χ2v) is 5.90. The third kappa shape index (κ3) is 2.97. The van der Waals surface area contributed by atoms with E-state index >= 15 is 0 Å². The van der Waals surface area contributed by atoms with Crippen molar-refractivity contribution in [2.75, 3.05) is 0 Å². The van der Waals surface area contributed by atoms with E-state index in [1.54, 1.807) is 11.3 Å². The molecule has 0 bridgehead atoms. The lowest BCUT2D eigenvalue weighted by Crippen LogP contribution is -2.13. The first-order valence-corrected chi connectivity index (χ1v) is 7.13. The van der Waals surface area contributed by atoms with Crippen LogP contribution >= 0.6 is 11.3 Å². The van der Waals surface area contributed by atoms with Crippen LogP contribution in [0.25, 0.3) is 0 Å². The summed E-state index contributed by atoms with van der Waals surface area (Å²) < 4.78 is 2.01. The monoisotopic (exact) mass is 264 g/mol. The molecule has 0 aliphatic rings. The van der Waals surface area contributed by atoms with Crippen molar-refractivity contribution >= 4 is 11.3 Å². The average Bonchev–Trinajstić information content (AvgIpc) is 2.97. The van der Waals surface area contributed by atoms with Gasteiger partial charge in [0.05, 0.1) is 10.7 Å². The topological polar surface area (TPSA) is 56.7 Å². The van der Waals surface area contributed by atoms with Crippen LogP contribution in [-0.2, 0) is 6.42 Å². The van der Waals surface area contributed by atoms with E-state index in [0.29, 0.717) is 6.04 Å². The quantitative estimate of drug-likeness (QED) is 0.903. The van der Waals surface area contributed by atoms with Crippen molar-refractivity contribution in [1.82, 2.24) is 14.8 Å². The summed E-state index contributed by atoms with van der Waals surface area (Å²) in [6.45, 7) is 6.33. The second-order valence-electron chi connectivity index (χ2n) is 4.64. The zero-order valence-electron chi connectivity index (χ0n) is 11.1. The third-order valence-corrected chi connectivity index (χ3v) is 4.18. The molecule has 2 aromatic heterocycles. The molecule has 0 radical (unpaired) electrons. The summed E-state index contributed by atoms with van der Waals surface area (Å²) in [5, 5.41) is 5.63. The maximum atomic E-state index is 6.18. The van der Waals surface area contributed by atoms with Crippen LogP contribution in [0.2, 0.25) is 0 Å². The highest BCUT2D eigenvalue weighted by atomic mass is 32.1. The molecule has 5 heteroatoms. The molecule has 2 N–H and O–H groups in total. The lowest BCUT2D eigenvalue weighted by atomic mass is 10.1. The predicted molar refractivity (Wildman–Crippen MR) is 74.7 cm³/mol. The zero-order valence-corrected chi connectivity index (χ0v) is 11.9. The van der Waals surface area contributed by atoms with Crippen molar-refractivity contribution in [2.24, 2.45) is 5.73 Å². The molecule has 2 heterocycles. The molecule has 0 aromatic carbocycles. The number of aromatic nitrogens is 3. The molecule has 2 unspecified atom stereocenters. The minimum atomic E-state index is -0.00326. The van der Waals surface area contributed by atoms with Crippen LogP contribution < -0.4 is 5.73 Å². The number of aryl methyl sites for hydroxylation is 1. The highest BCUT2D eigenvalue weighted by molar-refractivity contribution is 7.11. The molecule has 2 aromatic rings. The third-order valence-electron chi connectivity index (χ3n) is 3.14. The number of thiazole rings is 1. The summed E-state index contributed by atoms with van der Waals surface area (Å²) in [6.07, 6.45) is 5.76. The predicted octanol–water partition coefficient (Wildman–Crippen LogP) is 2.86. The van der Waals surface area contributed by atoms with Crippen LogP contribution in [0.4, 0.5) is 0 Å². The highest BCUT2D eigenvalue weighted by Crippen LogP contribution is 2.21. The van der Waals surface area contributed by atoms with E-state index in [0.717, 1.165) is 28.4 Å².